The van der Waals surface area contributed by atoms with E-state index in [2.05, 4.69) is 87.7 Å². The van der Waals surface area contributed by atoms with Crippen LogP contribution in [0.1, 0.15) is 0 Å². The Hall–Kier alpha value is -6.01. The number of anilines is 3. The Labute approximate surface area is 254 Å². The smallest absolute Gasteiger partial charge is 0.162 e. The first-order valence-corrected chi connectivity index (χ1v) is 14.9. The van der Waals surface area contributed by atoms with Gasteiger partial charge in [0, 0.05) is 32.9 Å². The summed E-state index contributed by atoms with van der Waals surface area (Å²) in [7, 11) is 0. The molecule has 0 amide bonds. The highest BCUT2D eigenvalue weighted by Gasteiger charge is 2.26. The summed E-state index contributed by atoms with van der Waals surface area (Å²) >= 11 is 0. The van der Waals surface area contributed by atoms with E-state index in [9.17, 15) is 8.78 Å². The van der Waals surface area contributed by atoms with Gasteiger partial charge in [0.15, 0.2) is 5.65 Å². The summed E-state index contributed by atoms with van der Waals surface area (Å²) in [5.74, 6) is -0.648. The summed E-state index contributed by atoms with van der Waals surface area (Å²) in [5, 5.41) is 7.22. The SMILES string of the molecule is Fc1ccc(N(c2ccc(F)cc2)c2cnc3c(c2)n2c4ccccc4c4c5ccccc5c5c6ccccc6n3c5c42)cc1. The van der Waals surface area contributed by atoms with E-state index in [1.165, 1.54) is 56.6 Å². The van der Waals surface area contributed by atoms with E-state index in [1.807, 2.05) is 11.1 Å². The van der Waals surface area contributed by atoms with Crippen molar-refractivity contribution < 1.29 is 8.78 Å². The van der Waals surface area contributed by atoms with E-state index in [1.54, 1.807) is 24.3 Å². The van der Waals surface area contributed by atoms with Gasteiger partial charge in [-0.15, -0.1) is 0 Å². The molecule has 4 heterocycles. The lowest BCUT2D eigenvalue weighted by atomic mass is 9.98. The Balaban J connectivity index is 1.43. The van der Waals surface area contributed by atoms with E-state index in [-0.39, 0.29) is 11.6 Å². The number of pyridine rings is 1. The fourth-order valence-corrected chi connectivity index (χ4v) is 7.38. The van der Waals surface area contributed by atoms with Crippen molar-refractivity contribution in [3.8, 4) is 0 Å². The van der Waals surface area contributed by atoms with Gasteiger partial charge in [-0.3, -0.25) is 4.40 Å². The van der Waals surface area contributed by atoms with Gasteiger partial charge in [0.1, 0.15) is 11.6 Å². The molecule has 0 aliphatic carbocycles. The maximum Gasteiger partial charge on any atom is 0.162 e. The molecule has 0 atom stereocenters. The molecule has 0 radical (unpaired) electrons. The zero-order valence-electron chi connectivity index (χ0n) is 23.7. The molecule has 4 aromatic heterocycles. The number of benzene rings is 6. The van der Waals surface area contributed by atoms with Gasteiger partial charge >= 0.3 is 0 Å². The maximum absolute atomic E-state index is 14.0. The Morgan fingerprint density at radius 1 is 0.467 bits per heavy atom. The third-order valence-corrected chi connectivity index (χ3v) is 9.15. The second-order valence-electron chi connectivity index (χ2n) is 11.5. The van der Waals surface area contributed by atoms with Crippen molar-refractivity contribution in [2.75, 3.05) is 4.90 Å². The zero-order valence-corrected chi connectivity index (χ0v) is 23.7. The minimum absolute atomic E-state index is 0.324. The van der Waals surface area contributed by atoms with Crippen LogP contribution in [0.5, 0.6) is 0 Å². The van der Waals surface area contributed by atoms with E-state index in [4.69, 9.17) is 4.98 Å². The summed E-state index contributed by atoms with van der Waals surface area (Å²) in [6.45, 7) is 0. The molecule has 0 unspecified atom stereocenters. The van der Waals surface area contributed by atoms with Gasteiger partial charge in [-0.1, -0.05) is 60.7 Å². The molecule has 0 aliphatic rings. The monoisotopic (exact) mass is 584 g/mol. The Bertz CT molecular complexity index is 2720. The normalized spacial score (nSPS) is 12.2. The molecular weight excluding hydrogens is 562 g/mol. The highest BCUT2D eigenvalue weighted by molar-refractivity contribution is 6.37. The van der Waals surface area contributed by atoms with Crippen LogP contribution in [0.25, 0.3) is 65.5 Å². The maximum atomic E-state index is 14.0. The number of hydrogen-bond acceptors (Lipinski definition) is 2. The van der Waals surface area contributed by atoms with E-state index < -0.39 is 0 Å². The molecule has 10 aromatic rings. The average molecular weight is 585 g/mol. The van der Waals surface area contributed by atoms with Crippen molar-refractivity contribution in [2.24, 2.45) is 0 Å². The first-order chi connectivity index (χ1) is 22.2. The van der Waals surface area contributed by atoms with Crippen LogP contribution < -0.4 is 4.90 Å². The fraction of sp³-hybridized carbons (Fsp3) is 0. The van der Waals surface area contributed by atoms with Crippen molar-refractivity contribution in [1.82, 2.24) is 13.8 Å². The lowest BCUT2D eigenvalue weighted by Crippen LogP contribution is -2.11. The third-order valence-electron chi connectivity index (χ3n) is 9.15. The molecule has 0 N–H and O–H groups in total. The number of para-hydroxylation sites is 2. The van der Waals surface area contributed by atoms with Crippen LogP contribution in [-0.4, -0.2) is 13.8 Å². The number of hydrogen-bond donors (Lipinski definition) is 0. The van der Waals surface area contributed by atoms with Gasteiger partial charge in [-0.25, -0.2) is 13.8 Å². The number of fused-ring (bicyclic) bond motifs is 12. The molecule has 0 saturated heterocycles. The molecular formula is C39H22F2N4. The van der Waals surface area contributed by atoms with Crippen LogP contribution in [0.4, 0.5) is 25.8 Å². The van der Waals surface area contributed by atoms with Crippen LogP contribution in [0.15, 0.2) is 134 Å². The van der Waals surface area contributed by atoms with Crippen LogP contribution in [0, 0.1) is 11.6 Å². The van der Waals surface area contributed by atoms with E-state index in [0.29, 0.717) is 0 Å². The number of rotatable bonds is 3. The molecule has 45 heavy (non-hydrogen) atoms. The number of aromatic nitrogens is 3. The molecule has 0 spiro atoms. The molecule has 10 rings (SSSR count). The predicted octanol–water partition coefficient (Wildman–Crippen LogP) is 10.5. The summed E-state index contributed by atoms with van der Waals surface area (Å²) < 4.78 is 32.7. The summed E-state index contributed by atoms with van der Waals surface area (Å²) in [5.41, 5.74) is 8.48. The van der Waals surface area contributed by atoms with Crippen molar-refractivity contribution in [3.63, 3.8) is 0 Å². The van der Waals surface area contributed by atoms with Gasteiger partial charge in [-0.2, -0.15) is 0 Å². The molecule has 6 heteroatoms. The first kappa shape index (κ1) is 24.4. The molecule has 4 nitrogen and oxygen atoms in total. The second-order valence-corrected chi connectivity index (χ2v) is 11.5. The van der Waals surface area contributed by atoms with Gasteiger partial charge in [-0.05, 0) is 77.5 Å². The largest absolute Gasteiger partial charge is 0.309 e. The van der Waals surface area contributed by atoms with Crippen molar-refractivity contribution in [3.05, 3.63) is 145 Å². The molecule has 0 bridgehead atoms. The average Bonchev–Trinajstić information content (AvgIpc) is 3.61. The van der Waals surface area contributed by atoms with Gasteiger partial charge in [0.2, 0.25) is 0 Å². The lowest BCUT2D eigenvalue weighted by Gasteiger charge is -2.25. The van der Waals surface area contributed by atoms with E-state index in [0.717, 1.165) is 50.3 Å². The number of halogens is 2. The Kier molecular flexibility index (Phi) is 4.76. The quantitative estimate of drug-likeness (QED) is 0.193. The Morgan fingerprint density at radius 2 is 0.933 bits per heavy atom. The summed E-state index contributed by atoms with van der Waals surface area (Å²) in [6.07, 6.45) is 1.85. The van der Waals surface area contributed by atoms with Crippen molar-refractivity contribution in [2.45, 2.75) is 0 Å². The minimum Gasteiger partial charge on any atom is -0.309 e. The number of nitrogens with zero attached hydrogens (tertiary/aromatic N) is 4. The topological polar surface area (TPSA) is 25.0 Å². The Morgan fingerprint density at radius 3 is 1.49 bits per heavy atom. The van der Waals surface area contributed by atoms with Gasteiger partial charge < -0.3 is 9.30 Å². The lowest BCUT2D eigenvalue weighted by molar-refractivity contribution is 0.628. The standard InChI is InChI=1S/C39H22F2N4/c40-23-13-17-25(18-14-23)43(26-19-15-24(41)16-20-26)27-21-34-39(42-22-27)45-33-12-6-4-10-31(33)36-29-8-2-1-7-28(29)35-30-9-3-5-11-32(30)44(34)37(35)38(36)45/h1-22H. The molecule has 6 aromatic carbocycles. The third kappa shape index (κ3) is 3.20. The summed E-state index contributed by atoms with van der Waals surface area (Å²) in [6, 6.07) is 40.5. The highest BCUT2D eigenvalue weighted by Crippen LogP contribution is 2.47. The van der Waals surface area contributed by atoms with Crippen LogP contribution in [0.3, 0.4) is 0 Å². The van der Waals surface area contributed by atoms with Crippen LogP contribution in [-0.2, 0) is 0 Å². The fourth-order valence-electron chi connectivity index (χ4n) is 7.38. The van der Waals surface area contributed by atoms with Gasteiger partial charge in [0.25, 0.3) is 0 Å². The second kappa shape index (κ2) is 8.77. The van der Waals surface area contributed by atoms with Crippen LogP contribution >= 0.6 is 0 Å². The van der Waals surface area contributed by atoms with Crippen molar-refractivity contribution in [1.29, 1.82) is 0 Å². The van der Waals surface area contributed by atoms with E-state index >= 15 is 0 Å². The van der Waals surface area contributed by atoms with Gasteiger partial charge in [0.05, 0.1) is 39.5 Å². The predicted molar refractivity (Wildman–Crippen MR) is 179 cm³/mol. The highest BCUT2D eigenvalue weighted by atomic mass is 19.1. The molecule has 212 valence electrons. The van der Waals surface area contributed by atoms with Crippen LogP contribution in [0.2, 0.25) is 0 Å². The first-order valence-electron chi connectivity index (χ1n) is 14.9. The molecule has 0 aliphatic heterocycles. The molecule has 0 saturated carbocycles. The molecule has 0 fully saturated rings. The zero-order chi connectivity index (χ0) is 29.8. The minimum atomic E-state index is -0.324. The summed E-state index contributed by atoms with van der Waals surface area (Å²) in [4.78, 5) is 7.16. The van der Waals surface area contributed by atoms with Crippen molar-refractivity contribution >= 4 is 82.6 Å².